The van der Waals surface area contributed by atoms with E-state index in [2.05, 4.69) is 4.99 Å². The molecule has 0 amide bonds. The molecule has 0 unspecified atom stereocenters. The number of nitro groups is 1. The number of rotatable bonds is 3. The van der Waals surface area contributed by atoms with Crippen LogP contribution in [0.2, 0.25) is 5.02 Å². The topological polar surface area (TPSA) is 104 Å². The number of carbonyl (C=O) groups excluding carboxylic acids is 2. The lowest BCUT2D eigenvalue weighted by Gasteiger charge is -2.02. The zero-order valence-electron chi connectivity index (χ0n) is 15.0. The van der Waals surface area contributed by atoms with E-state index in [9.17, 15) is 19.7 Å². The van der Waals surface area contributed by atoms with Gasteiger partial charge in [0.2, 0.25) is 11.8 Å². The standard InChI is InChI=1S/C20H12ClN3O5/c1-11(25)23-14(8-12-4-2-3-5-18(12)23)10-17-20(26)29-19(22-17)15-7-6-13(24(27)28)9-16(15)21/h2-10H,1H3. The zero-order valence-corrected chi connectivity index (χ0v) is 15.7. The van der Waals surface area contributed by atoms with Gasteiger partial charge in [0, 0.05) is 24.4 Å². The summed E-state index contributed by atoms with van der Waals surface area (Å²) in [6, 6.07) is 12.9. The normalized spacial score (nSPS) is 14.9. The van der Waals surface area contributed by atoms with Crippen LogP contribution in [0, 0.1) is 10.1 Å². The minimum Gasteiger partial charge on any atom is -0.402 e. The summed E-state index contributed by atoms with van der Waals surface area (Å²) in [7, 11) is 0. The van der Waals surface area contributed by atoms with Gasteiger partial charge in [-0.25, -0.2) is 9.79 Å². The molecule has 2 aromatic carbocycles. The van der Waals surface area contributed by atoms with Gasteiger partial charge < -0.3 is 4.74 Å². The van der Waals surface area contributed by atoms with Gasteiger partial charge in [-0.15, -0.1) is 0 Å². The fraction of sp³-hybridized carbons (Fsp3) is 0.0500. The van der Waals surface area contributed by atoms with Gasteiger partial charge in [0.25, 0.3) is 5.69 Å². The molecule has 0 saturated heterocycles. The Balaban J connectivity index is 1.78. The van der Waals surface area contributed by atoms with Gasteiger partial charge in [0.05, 0.1) is 26.7 Å². The highest BCUT2D eigenvalue weighted by atomic mass is 35.5. The molecular formula is C20H12ClN3O5. The molecule has 9 heteroatoms. The van der Waals surface area contributed by atoms with Crippen molar-refractivity contribution in [2.45, 2.75) is 6.92 Å². The second kappa shape index (κ2) is 6.99. The Bertz CT molecular complexity index is 1270. The molecule has 0 saturated carbocycles. The summed E-state index contributed by atoms with van der Waals surface area (Å²) in [4.78, 5) is 38.9. The Morgan fingerprint density at radius 2 is 2.00 bits per heavy atom. The number of nitro benzene ring substituents is 1. The van der Waals surface area contributed by atoms with E-state index in [1.165, 1.54) is 29.7 Å². The number of cyclic esters (lactones) is 1. The highest BCUT2D eigenvalue weighted by Crippen LogP contribution is 2.28. The third-order valence-electron chi connectivity index (χ3n) is 4.35. The molecule has 0 aliphatic carbocycles. The molecule has 2 heterocycles. The summed E-state index contributed by atoms with van der Waals surface area (Å²) in [6.07, 6.45) is 1.45. The van der Waals surface area contributed by atoms with E-state index in [4.69, 9.17) is 16.3 Å². The number of nitrogens with zero attached hydrogens (tertiary/aromatic N) is 3. The molecule has 0 fully saturated rings. The SMILES string of the molecule is CC(=O)n1c(C=C2N=C(c3ccc([N+](=O)[O-])cc3Cl)OC2=O)cc2ccccc21. The zero-order chi connectivity index (χ0) is 20.7. The molecule has 1 aliphatic heterocycles. The Hall–Kier alpha value is -3.78. The first-order valence-corrected chi connectivity index (χ1v) is 8.81. The van der Waals surface area contributed by atoms with E-state index in [1.807, 2.05) is 18.2 Å². The summed E-state index contributed by atoms with van der Waals surface area (Å²) in [5.74, 6) is -0.992. The van der Waals surface area contributed by atoms with Gasteiger partial charge in [-0.2, -0.15) is 0 Å². The molecule has 1 aromatic heterocycles. The lowest BCUT2D eigenvalue weighted by Crippen LogP contribution is -2.08. The monoisotopic (exact) mass is 409 g/mol. The summed E-state index contributed by atoms with van der Waals surface area (Å²) < 4.78 is 6.66. The van der Waals surface area contributed by atoms with Crippen molar-refractivity contribution in [1.82, 2.24) is 4.57 Å². The smallest absolute Gasteiger partial charge is 0.363 e. The first kappa shape index (κ1) is 18.6. The molecule has 0 atom stereocenters. The molecule has 0 radical (unpaired) electrons. The Morgan fingerprint density at radius 3 is 2.69 bits per heavy atom. The average molecular weight is 410 g/mol. The van der Waals surface area contributed by atoms with Gasteiger partial charge >= 0.3 is 5.97 Å². The van der Waals surface area contributed by atoms with E-state index in [0.29, 0.717) is 11.2 Å². The Morgan fingerprint density at radius 1 is 1.24 bits per heavy atom. The molecule has 144 valence electrons. The van der Waals surface area contributed by atoms with Gasteiger partial charge in [-0.3, -0.25) is 19.5 Å². The van der Waals surface area contributed by atoms with Crippen LogP contribution >= 0.6 is 11.6 Å². The largest absolute Gasteiger partial charge is 0.402 e. The second-order valence-corrected chi connectivity index (χ2v) is 6.65. The third kappa shape index (κ3) is 3.30. The van der Waals surface area contributed by atoms with Gasteiger partial charge in [0.15, 0.2) is 5.70 Å². The van der Waals surface area contributed by atoms with E-state index in [-0.39, 0.29) is 33.8 Å². The van der Waals surface area contributed by atoms with E-state index in [1.54, 1.807) is 12.1 Å². The minimum atomic E-state index is -0.713. The van der Waals surface area contributed by atoms with Crippen LogP contribution < -0.4 is 0 Å². The van der Waals surface area contributed by atoms with Crippen LogP contribution in [0.25, 0.3) is 17.0 Å². The number of carbonyl (C=O) groups is 2. The fourth-order valence-electron chi connectivity index (χ4n) is 3.09. The number of para-hydroxylation sites is 1. The first-order valence-electron chi connectivity index (χ1n) is 8.43. The molecule has 3 aromatic rings. The predicted octanol–water partition coefficient (Wildman–Crippen LogP) is 4.21. The molecule has 0 bridgehead atoms. The quantitative estimate of drug-likeness (QED) is 0.279. The first-order chi connectivity index (χ1) is 13.8. The maximum absolute atomic E-state index is 12.3. The molecule has 8 nitrogen and oxygen atoms in total. The lowest BCUT2D eigenvalue weighted by atomic mass is 10.2. The number of aromatic nitrogens is 1. The maximum Gasteiger partial charge on any atom is 0.363 e. The number of esters is 1. The summed E-state index contributed by atoms with van der Waals surface area (Å²) in [5.41, 5.74) is 1.23. The number of hydrogen-bond acceptors (Lipinski definition) is 6. The molecule has 0 N–H and O–H groups in total. The van der Waals surface area contributed by atoms with Gasteiger partial charge in [-0.1, -0.05) is 29.8 Å². The number of fused-ring (bicyclic) bond motifs is 1. The molecule has 1 aliphatic rings. The summed E-state index contributed by atoms with van der Waals surface area (Å²) in [5, 5.41) is 11.7. The van der Waals surface area contributed by atoms with Crippen molar-refractivity contribution >= 4 is 52.0 Å². The van der Waals surface area contributed by atoms with E-state index >= 15 is 0 Å². The second-order valence-electron chi connectivity index (χ2n) is 6.24. The van der Waals surface area contributed by atoms with Crippen LogP contribution in [-0.2, 0) is 9.53 Å². The van der Waals surface area contributed by atoms with Crippen molar-refractivity contribution in [1.29, 1.82) is 0 Å². The van der Waals surface area contributed by atoms with Crippen molar-refractivity contribution in [2.75, 3.05) is 0 Å². The van der Waals surface area contributed by atoms with Crippen LogP contribution in [0.4, 0.5) is 5.69 Å². The Labute approximate surface area is 168 Å². The highest BCUT2D eigenvalue weighted by molar-refractivity contribution is 6.34. The van der Waals surface area contributed by atoms with Crippen molar-refractivity contribution in [3.05, 3.63) is 80.6 Å². The number of halogens is 1. The summed E-state index contributed by atoms with van der Waals surface area (Å²) in [6.45, 7) is 1.42. The van der Waals surface area contributed by atoms with Crippen molar-refractivity contribution < 1.29 is 19.2 Å². The van der Waals surface area contributed by atoms with E-state index < -0.39 is 10.9 Å². The number of hydrogen-bond donors (Lipinski definition) is 0. The van der Waals surface area contributed by atoms with Crippen molar-refractivity contribution in [3.63, 3.8) is 0 Å². The number of benzene rings is 2. The van der Waals surface area contributed by atoms with Crippen LogP contribution in [0.1, 0.15) is 23.0 Å². The summed E-state index contributed by atoms with van der Waals surface area (Å²) >= 11 is 6.08. The van der Waals surface area contributed by atoms with Crippen molar-refractivity contribution in [3.8, 4) is 0 Å². The molecule has 0 spiro atoms. The molecular weight excluding hydrogens is 398 g/mol. The minimum absolute atomic E-state index is 0.0141. The predicted molar refractivity (Wildman–Crippen MR) is 107 cm³/mol. The fourth-order valence-corrected chi connectivity index (χ4v) is 3.34. The Kier molecular flexibility index (Phi) is 4.48. The third-order valence-corrected chi connectivity index (χ3v) is 4.67. The van der Waals surface area contributed by atoms with E-state index in [0.717, 1.165) is 11.5 Å². The van der Waals surface area contributed by atoms with Crippen LogP contribution in [0.15, 0.2) is 59.2 Å². The van der Waals surface area contributed by atoms with Crippen LogP contribution in [0.5, 0.6) is 0 Å². The number of aliphatic imine (C=N–C) groups is 1. The van der Waals surface area contributed by atoms with Crippen LogP contribution in [0.3, 0.4) is 0 Å². The highest BCUT2D eigenvalue weighted by Gasteiger charge is 2.27. The molecule has 4 rings (SSSR count). The van der Waals surface area contributed by atoms with Gasteiger partial charge in [-0.05, 0) is 24.3 Å². The number of ether oxygens (including phenoxy) is 1. The lowest BCUT2D eigenvalue weighted by molar-refractivity contribution is -0.384. The van der Waals surface area contributed by atoms with Gasteiger partial charge in [0.1, 0.15) is 0 Å². The number of non-ortho nitro benzene ring substituents is 1. The maximum atomic E-state index is 12.3. The average Bonchev–Trinajstić information content (AvgIpc) is 3.22. The van der Waals surface area contributed by atoms with Crippen molar-refractivity contribution in [2.24, 2.45) is 4.99 Å². The molecule has 29 heavy (non-hydrogen) atoms. The van der Waals surface area contributed by atoms with Crippen LogP contribution in [-0.4, -0.2) is 27.3 Å².